The Balaban J connectivity index is 1.90. The molecule has 0 unspecified atom stereocenters. The number of aryl methyl sites for hydroxylation is 1. The van der Waals surface area contributed by atoms with Crippen LogP contribution in [0, 0.1) is 29.9 Å². The van der Waals surface area contributed by atoms with Gasteiger partial charge in [0, 0.05) is 32.0 Å². The lowest BCUT2D eigenvalue weighted by atomic mass is 10.1. The van der Waals surface area contributed by atoms with E-state index in [1.807, 2.05) is 0 Å². The average molecular weight is 278 g/mol. The molecular formula is C13H12F2N4O. The quantitative estimate of drug-likeness (QED) is 0.845. The molecule has 0 aliphatic rings. The van der Waals surface area contributed by atoms with Gasteiger partial charge in [0.15, 0.2) is 5.82 Å². The predicted octanol–water partition coefficient (Wildman–Crippen LogP) is 1.86. The Bertz CT molecular complexity index is 625. The number of nitrogens with zero attached hydrogens (tertiary/aromatic N) is 3. The largest absolute Gasteiger partial charge is 0.340 e. The number of nitrogens with one attached hydrogen (secondary N) is 1. The van der Waals surface area contributed by atoms with Gasteiger partial charge in [-0.2, -0.15) is 10.2 Å². The lowest BCUT2D eigenvalue weighted by Crippen LogP contribution is -2.19. The molecule has 0 aliphatic heterocycles. The van der Waals surface area contributed by atoms with Crippen LogP contribution in [0.5, 0.6) is 0 Å². The molecule has 0 radical (unpaired) electrons. The zero-order valence-corrected chi connectivity index (χ0v) is 10.8. The van der Waals surface area contributed by atoms with Crippen LogP contribution in [0.15, 0.2) is 16.7 Å². The highest BCUT2D eigenvalue weighted by atomic mass is 19.1. The zero-order valence-electron chi connectivity index (χ0n) is 10.8. The van der Waals surface area contributed by atoms with E-state index in [1.165, 1.54) is 0 Å². The van der Waals surface area contributed by atoms with E-state index < -0.39 is 11.6 Å². The highest BCUT2D eigenvalue weighted by Crippen LogP contribution is 2.14. The summed E-state index contributed by atoms with van der Waals surface area (Å²) < 4.78 is 32.0. The molecular weight excluding hydrogens is 266 g/mol. The topological polar surface area (TPSA) is 74.7 Å². The first kappa shape index (κ1) is 14.1. The van der Waals surface area contributed by atoms with E-state index in [9.17, 15) is 8.78 Å². The molecule has 0 fully saturated rings. The monoisotopic (exact) mass is 278 g/mol. The summed E-state index contributed by atoms with van der Waals surface area (Å²) in [4.78, 5) is 4.01. The molecule has 104 valence electrons. The molecule has 0 spiro atoms. The van der Waals surface area contributed by atoms with Gasteiger partial charge in [-0.3, -0.25) is 0 Å². The average Bonchev–Trinajstić information content (AvgIpc) is 2.82. The van der Waals surface area contributed by atoms with Crippen LogP contribution in [0.25, 0.3) is 0 Å². The van der Waals surface area contributed by atoms with E-state index in [4.69, 9.17) is 9.78 Å². The second-order valence-corrected chi connectivity index (χ2v) is 4.19. The lowest BCUT2D eigenvalue weighted by molar-refractivity contribution is 0.387. The summed E-state index contributed by atoms with van der Waals surface area (Å²) in [5.74, 6) is -0.450. The van der Waals surface area contributed by atoms with E-state index in [-0.39, 0.29) is 17.7 Å². The van der Waals surface area contributed by atoms with Crippen molar-refractivity contribution < 1.29 is 13.3 Å². The smallest absolute Gasteiger partial charge is 0.223 e. The Morgan fingerprint density at radius 1 is 1.35 bits per heavy atom. The fraction of sp³-hybridized carbons (Fsp3) is 0.308. The molecule has 0 atom stereocenters. The minimum Gasteiger partial charge on any atom is -0.340 e. The summed E-state index contributed by atoms with van der Waals surface area (Å²) in [5.41, 5.74) is -0.126. The molecule has 1 N–H and O–H groups in total. The Morgan fingerprint density at radius 3 is 2.60 bits per heavy atom. The van der Waals surface area contributed by atoms with Crippen LogP contribution in [-0.4, -0.2) is 16.7 Å². The van der Waals surface area contributed by atoms with Gasteiger partial charge in [0.05, 0.1) is 11.6 Å². The van der Waals surface area contributed by atoms with Crippen LogP contribution in [0.4, 0.5) is 8.78 Å². The first-order valence-corrected chi connectivity index (χ1v) is 5.98. The van der Waals surface area contributed by atoms with Crippen molar-refractivity contribution in [1.82, 2.24) is 15.5 Å². The number of aromatic nitrogens is 2. The maximum Gasteiger partial charge on any atom is 0.223 e. The van der Waals surface area contributed by atoms with E-state index in [0.717, 1.165) is 12.1 Å². The van der Waals surface area contributed by atoms with Crippen molar-refractivity contribution in [3.05, 3.63) is 46.6 Å². The van der Waals surface area contributed by atoms with E-state index in [0.29, 0.717) is 24.7 Å². The Hall–Kier alpha value is -2.33. The fourth-order valence-electron chi connectivity index (χ4n) is 1.69. The molecule has 0 aliphatic carbocycles. The van der Waals surface area contributed by atoms with Gasteiger partial charge in [-0.25, -0.2) is 8.78 Å². The Kier molecular flexibility index (Phi) is 4.38. The molecule has 0 saturated carbocycles. The molecule has 0 bridgehead atoms. The van der Waals surface area contributed by atoms with Crippen molar-refractivity contribution >= 4 is 0 Å². The molecule has 2 aromatic rings. The standard InChI is InChI=1S/C13H12F2N4O/c1-8-18-13(19-20-8)2-3-17-7-10-11(14)4-9(6-16)5-12(10)15/h4-5,17H,2-3,7H2,1H3. The number of nitriles is 1. The molecule has 1 heterocycles. The van der Waals surface area contributed by atoms with Crippen molar-refractivity contribution in [2.75, 3.05) is 6.54 Å². The predicted molar refractivity (Wildman–Crippen MR) is 65.5 cm³/mol. The van der Waals surface area contributed by atoms with Gasteiger partial charge in [0.25, 0.3) is 0 Å². The molecule has 5 nitrogen and oxygen atoms in total. The van der Waals surface area contributed by atoms with Crippen LogP contribution in [0.2, 0.25) is 0 Å². The van der Waals surface area contributed by atoms with Crippen LogP contribution < -0.4 is 5.32 Å². The number of hydrogen-bond acceptors (Lipinski definition) is 5. The zero-order chi connectivity index (χ0) is 14.5. The van der Waals surface area contributed by atoms with Crippen LogP contribution in [0.3, 0.4) is 0 Å². The summed E-state index contributed by atoms with van der Waals surface area (Å²) in [7, 11) is 0. The van der Waals surface area contributed by atoms with Crippen molar-refractivity contribution in [3.63, 3.8) is 0 Å². The summed E-state index contributed by atoms with van der Waals surface area (Å²) in [6.07, 6.45) is 0.497. The van der Waals surface area contributed by atoms with Gasteiger partial charge < -0.3 is 9.84 Å². The third-order valence-corrected chi connectivity index (χ3v) is 2.67. The highest BCUT2D eigenvalue weighted by molar-refractivity contribution is 5.34. The maximum absolute atomic E-state index is 13.6. The second-order valence-electron chi connectivity index (χ2n) is 4.19. The van der Waals surface area contributed by atoms with Gasteiger partial charge in [0.2, 0.25) is 5.89 Å². The minimum absolute atomic E-state index is 0.0280. The van der Waals surface area contributed by atoms with Crippen molar-refractivity contribution in [2.45, 2.75) is 19.9 Å². The van der Waals surface area contributed by atoms with Crippen molar-refractivity contribution in [2.24, 2.45) is 0 Å². The Morgan fingerprint density at radius 2 is 2.05 bits per heavy atom. The number of halogens is 2. The summed E-state index contributed by atoms with van der Waals surface area (Å²) in [5, 5.41) is 15.2. The van der Waals surface area contributed by atoms with Gasteiger partial charge in [0.1, 0.15) is 11.6 Å². The minimum atomic E-state index is -0.732. The van der Waals surface area contributed by atoms with Crippen molar-refractivity contribution in [1.29, 1.82) is 5.26 Å². The number of hydrogen-bond donors (Lipinski definition) is 1. The van der Waals surface area contributed by atoms with E-state index >= 15 is 0 Å². The molecule has 20 heavy (non-hydrogen) atoms. The number of rotatable bonds is 5. The van der Waals surface area contributed by atoms with E-state index in [1.54, 1.807) is 13.0 Å². The third kappa shape index (κ3) is 3.36. The molecule has 7 heteroatoms. The van der Waals surface area contributed by atoms with Crippen LogP contribution in [0.1, 0.15) is 22.8 Å². The Labute approximate surface area is 114 Å². The lowest BCUT2D eigenvalue weighted by Gasteiger charge is -2.06. The summed E-state index contributed by atoms with van der Waals surface area (Å²) in [6.45, 7) is 2.17. The number of benzene rings is 1. The SMILES string of the molecule is Cc1nc(CCNCc2c(F)cc(C#N)cc2F)no1. The molecule has 1 aromatic heterocycles. The molecule has 2 rings (SSSR count). The van der Waals surface area contributed by atoms with E-state index in [2.05, 4.69) is 15.5 Å². The van der Waals surface area contributed by atoms with Gasteiger partial charge in [-0.15, -0.1) is 0 Å². The van der Waals surface area contributed by atoms with Crippen molar-refractivity contribution in [3.8, 4) is 6.07 Å². The molecule has 0 amide bonds. The fourth-order valence-corrected chi connectivity index (χ4v) is 1.69. The van der Waals surface area contributed by atoms with Crippen LogP contribution in [-0.2, 0) is 13.0 Å². The second kappa shape index (κ2) is 6.21. The van der Waals surface area contributed by atoms with Gasteiger partial charge >= 0.3 is 0 Å². The highest BCUT2D eigenvalue weighted by Gasteiger charge is 2.11. The third-order valence-electron chi connectivity index (χ3n) is 2.67. The first-order chi connectivity index (χ1) is 9.60. The van der Waals surface area contributed by atoms with Gasteiger partial charge in [-0.1, -0.05) is 5.16 Å². The maximum atomic E-state index is 13.6. The molecule has 1 aromatic carbocycles. The summed E-state index contributed by atoms with van der Waals surface area (Å²) in [6, 6.07) is 3.73. The van der Waals surface area contributed by atoms with Crippen LogP contribution >= 0.6 is 0 Å². The first-order valence-electron chi connectivity index (χ1n) is 5.98. The summed E-state index contributed by atoms with van der Waals surface area (Å²) >= 11 is 0. The van der Waals surface area contributed by atoms with Gasteiger partial charge in [-0.05, 0) is 12.1 Å². The molecule has 0 saturated heterocycles. The normalized spacial score (nSPS) is 10.5.